The molecule has 3 nitrogen and oxygen atoms in total. The molecule has 0 spiro atoms. The fourth-order valence-corrected chi connectivity index (χ4v) is 2.39. The summed E-state index contributed by atoms with van der Waals surface area (Å²) >= 11 is 1.59. The van der Waals surface area contributed by atoms with Gasteiger partial charge in [-0.05, 0) is 17.0 Å². The first-order valence-electron chi connectivity index (χ1n) is 6.67. The molecule has 1 amide bonds. The Labute approximate surface area is 136 Å². The van der Waals surface area contributed by atoms with Crippen LogP contribution in [0.4, 0.5) is 4.39 Å². The van der Waals surface area contributed by atoms with Crippen LogP contribution in [0.1, 0.15) is 26.3 Å². The number of nitrogens with one attached hydrogen (secondary N) is 1. The first kappa shape index (κ1) is 20.2. The van der Waals surface area contributed by atoms with Crippen molar-refractivity contribution < 1.29 is 9.18 Å². The molecular weight excluding hydrogens is 311 g/mol. The topological polar surface area (TPSA) is 55.1 Å². The van der Waals surface area contributed by atoms with E-state index >= 15 is 0 Å². The van der Waals surface area contributed by atoms with Gasteiger partial charge < -0.3 is 11.1 Å². The van der Waals surface area contributed by atoms with Gasteiger partial charge in [0, 0.05) is 18.1 Å². The Kier molecular flexibility index (Phi) is 8.94. The minimum atomic E-state index is -0.515. The average Bonchev–Trinajstić information content (AvgIpc) is 2.38. The van der Waals surface area contributed by atoms with Crippen molar-refractivity contribution in [1.29, 1.82) is 0 Å². The molecule has 0 saturated heterocycles. The number of rotatable bonds is 6. The maximum absolute atomic E-state index is 13.4. The van der Waals surface area contributed by atoms with Crippen molar-refractivity contribution in [3.8, 4) is 0 Å². The molecule has 0 radical (unpaired) electrons. The van der Waals surface area contributed by atoms with Crippen molar-refractivity contribution in [2.45, 2.75) is 32.6 Å². The number of carbonyl (C=O) groups is 1. The third-order valence-corrected chi connectivity index (χ3v) is 3.98. The molecule has 1 aromatic rings. The van der Waals surface area contributed by atoms with Crippen molar-refractivity contribution in [2.75, 3.05) is 12.3 Å². The molecule has 0 aliphatic heterocycles. The molecule has 21 heavy (non-hydrogen) atoms. The quantitative estimate of drug-likeness (QED) is 0.786. The van der Waals surface area contributed by atoms with E-state index < -0.39 is 6.04 Å². The van der Waals surface area contributed by atoms with E-state index in [0.717, 1.165) is 5.75 Å². The molecule has 0 unspecified atom stereocenters. The zero-order valence-electron chi connectivity index (χ0n) is 12.7. The zero-order valence-corrected chi connectivity index (χ0v) is 14.3. The van der Waals surface area contributed by atoms with Crippen molar-refractivity contribution in [3.05, 3.63) is 35.6 Å². The van der Waals surface area contributed by atoms with Gasteiger partial charge in [0.05, 0.1) is 6.04 Å². The summed E-state index contributed by atoms with van der Waals surface area (Å²) < 4.78 is 13.4. The fourth-order valence-electron chi connectivity index (χ4n) is 1.55. The van der Waals surface area contributed by atoms with Crippen LogP contribution in [0.25, 0.3) is 0 Å². The van der Waals surface area contributed by atoms with E-state index in [-0.39, 0.29) is 29.5 Å². The maximum Gasteiger partial charge on any atom is 0.237 e. The Bertz CT molecular complexity index is 452. The van der Waals surface area contributed by atoms with Crippen LogP contribution in [-0.4, -0.2) is 24.2 Å². The smallest absolute Gasteiger partial charge is 0.237 e. The van der Waals surface area contributed by atoms with Gasteiger partial charge in [-0.1, -0.05) is 39.0 Å². The summed E-state index contributed by atoms with van der Waals surface area (Å²) in [7, 11) is 0. The highest BCUT2D eigenvalue weighted by atomic mass is 35.5. The molecule has 0 aromatic heterocycles. The first-order chi connectivity index (χ1) is 9.32. The number of hydrogen-bond donors (Lipinski definition) is 2. The fraction of sp³-hybridized carbons (Fsp3) is 0.533. The lowest BCUT2D eigenvalue weighted by Gasteiger charge is -2.25. The van der Waals surface area contributed by atoms with Crippen LogP contribution in [0.2, 0.25) is 0 Å². The normalized spacial score (nSPS) is 12.4. The number of benzene rings is 1. The summed E-state index contributed by atoms with van der Waals surface area (Å²) in [6.07, 6.45) is 0. The molecule has 0 aliphatic rings. The van der Waals surface area contributed by atoms with Crippen molar-refractivity contribution in [2.24, 2.45) is 11.1 Å². The SMILES string of the molecule is CC(C)(C)[C@H](N)C(=O)NCCSCc1ccccc1F.Cl. The molecule has 0 bridgehead atoms. The predicted molar refractivity (Wildman–Crippen MR) is 90.3 cm³/mol. The summed E-state index contributed by atoms with van der Waals surface area (Å²) in [4.78, 5) is 11.8. The van der Waals surface area contributed by atoms with Crippen LogP contribution in [0, 0.1) is 11.2 Å². The summed E-state index contributed by atoms with van der Waals surface area (Å²) in [5, 5.41) is 2.81. The summed E-state index contributed by atoms with van der Waals surface area (Å²) in [5.41, 5.74) is 6.30. The number of halogens is 2. The molecular formula is C15H24ClFN2OS. The van der Waals surface area contributed by atoms with Gasteiger partial charge in [-0.2, -0.15) is 11.8 Å². The molecule has 3 N–H and O–H groups in total. The van der Waals surface area contributed by atoms with Crippen LogP contribution in [0.5, 0.6) is 0 Å². The van der Waals surface area contributed by atoms with Crippen molar-refractivity contribution in [3.63, 3.8) is 0 Å². The molecule has 0 saturated carbocycles. The van der Waals surface area contributed by atoms with Crippen molar-refractivity contribution >= 4 is 30.1 Å². The molecule has 0 aliphatic carbocycles. The average molecular weight is 335 g/mol. The van der Waals surface area contributed by atoms with Gasteiger partial charge in [-0.3, -0.25) is 4.79 Å². The van der Waals surface area contributed by atoms with Crippen molar-refractivity contribution in [1.82, 2.24) is 5.32 Å². The molecule has 6 heteroatoms. The van der Waals surface area contributed by atoms with Gasteiger partial charge in [0.1, 0.15) is 5.82 Å². The van der Waals surface area contributed by atoms with E-state index in [1.165, 1.54) is 6.07 Å². The second-order valence-electron chi connectivity index (χ2n) is 5.78. The Hall–Kier alpha value is -0.780. The third-order valence-electron chi connectivity index (χ3n) is 2.98. The van der Waals surface area contributed by atoms with Crippen LogP contribution in [0.15, 0.2) is 24.3 Å². The van der Waals surface area contributed by atoms with E-state index in [4.69, 9.17) is 5.73 Å². The Balaban J connectivity index is 0.00000400. The molecule has 0 fully saturated rings. The minimum absolute atomic E-state index is 0. The summed E-state index contributed by atoms with van der Waals surface area (Å²) in [6.45, 7) is 6.35. The van der Waals surface area contributed by atoms with Gasteiger partial charge in [-0.25, -0.2) is 4.39 Å². The number of thioether (sulfide) groups is 1. The largest absolute Gasteiger partial charge is 0.354 e. The van der Waals surface area contributed by atoms with Gasteiger partial charge in [0.15, 0.2) is 0 Å². The number of hydrogen-bond acceptors (Lipinski definition) is 3. The molecule has 1 atom stereocenters. The lowest BCUT2D eigenvalue weighted by atomic mass is 9.87. The second-order valence-corrected chi connectivity index (χ2v) is 6.88. The Morgan fingerprint density at radius 1 is 1.38 bits per heavy atom. The number of amides is 1. The molecule has 1 rings (SSSR count). The first-order valence-corrected chi connectivity index (χ1v) is 7.82. The van der Waals surface area contributed by atoms with Crippen LogP contribution in [-0.2, 0) is 10.5 Å². The second kappa shape index (κ2) is 9.28. The van der Waals surface area contributed by atoms with Crippen LogP contribution in [0.3, 0.4) is 0 Å². The van der Waals surface area contributed by atoms with E-state index in [1.54, 1.807) is 23.9 Å². The standard InChI is InChI=1S/C15H23FN2OS.ClH/c1-15(2,3)13(17)14(19)18-8-9-20-10-11-6-4-5-7-12(11)16;/h4-7,13H,8-10,17H2,1-3H3,(H,18,19);1H/t13-;/m1./s1. The molecule has 120 valence electrons. The zero-order chi connectivity index (χ0) is 15.2. The highest BCUT2D eigenvalue weighted by molar-refractivity contribution is 7.98. The predicted octanol–water partition coefficient (Wildman–Crippen LogP) is 2.97. The third kappa shape index (κ3) is 7.16. The van der Waals surface area contributed by atoms with Gasteiger partial charge in [0.25, 0.3) is 0 Å². The minimum Gasteiger partial charge on any atom is -0.354 e. The lowest BCUT2D eigenvalue weighted by molar-refractivity contribution is -0.124. The van der Waals surface area contributed by atoms with Crippen LogP contribution < -0.4 is 11.1 Å². The van der Waals surface area contributed by atoms with Crippen LogP contribution >= 0.6 is 24.2 Å². The molecule has 1 aromatic carbocycles. The Morgan fingerprint density at radius 2 is 2.00 bits per heavy atom. The van der Waals surface area contributed by atoms with E-state index in [2.05, 4.69) is 5.32 Å². The highest BCUT2D eigenvalue weighted by Crippen LogP contribution is 2.17. The number of nitrogens with two attached hydrogens (primary N) is 1. The highest BCUT2D eigenvalue weighted by Gasteiger charge is 2.26. The summed E-state index contributed by atoms with van der Waals surface area (Å²) in [6, 6.07) is 6.22. The maximum atomic E-state index is 13.4. The van der Waals surface area contributed by atoms with Gasteiger partial charge in [-0.15, -0.1) is 12.4 Å². The molecule has 0 heterocycles. The Morgan fingerprint density at radius 3 is 2.57 bits per heavy atom. The monoisotopic (exact) mass is 334 g/mol. The van der Waals surface area contributed by atoms with Gasteiger partial charge >= 0.3 is 0 Å². The summed E-state index contributed by atoms with van der Waals surface area (Å²) in [5.74, 6) is 1.02. The van der Waals surface area contributed by atoms with E-state index in [9.17, 15) is 9.18 Å². The number of carbonyl (C=O) groups excluding carboxylic acids is 1. The van der Waals surface area contributed by atoms with Gasteiger partial charge in [0.2, 0.25) is 5.91 Å². The van der Waals surface area contributed by atoms with E-state index in [0.29, 0.717) is 17.9 Å². The van der Waals surface area contributed by atoms with E-state index in [1.807, 2.05) is 26.8 Å². The lowest BCUT2D eigenvalue weighted by Crippen LogP contribution is -2.49.